The van der Waals surface area contributed by atoms with Crippen molar-refractivity contribution in [1.29, 1.82) is 0 Å². The molecule has 0 rings (SSSR count). The van der Waals surface area contributed by atoms with Crippen LogP contribution in [-0.4, -0.2) is 37.2 Å². The third-order valence-corrected chi connectivity index (χ3v) is 0.335. The molecule has 0 aliphatic heterocycles. The fourth-order valence-corrected chi connectivity index (χ4v) is 0.137. The molecule has 0 saturated heterocycles. The highest BCUT2D eigenvalue weighted by molar-refractivity contribution is 4.39. The molecule has 0 bridgehead atoms. The molecule has 0 aromatic carbocycles. The van der Waals surface area contributed by atoms with Gasteiger partial charge in [-0.15, -0.1) is 0 Å². The first-order chi connectivity index (χ1) is 5.44. The van der Waals surface area contributed by atoms with Crippen LogP contribution >= 0.6 is 0 Å². The fraction of sp³-hybridized carbons (Fsp3) is 1.00. The molecule has 0 amide bonds. The zero-order chi connectivity index (χ0) is 11.1. The van der Waals surface area contributed by atoms with Gasteiger partial charge in [-0.3, -0.25) is 0 Å². The van der Waals surface area contributed by atoms with Crippen LogP contribution in [0.5, 0.6) is 0 Å². The molecule has 7 heavy (non-hydrogen) atoms. The molecule has 0 atom stereocenters. The van der Waals surface area contributed by atoms with Crippen molar-refractivity contribution in [2.45, 2.75) is 6.37 Å². The summed E-state index contributed by atoms with van der Waals surface area (Å²) in [5.41, 5.74) is 0. The quantitative estimate of drug-likeness (QED) is 0.548. The van der Waals surface area contributed by atoms with Crippen LogP contribution in [0, 0.1) is 0 Å². The highest BCUT2D eigenvalue weighted by Crippen LogP contribution is 1.77. The standard InChI is InChI=1S/C5H13NO/c1-6(2)4-3-5-7/h7H,3-5H2,1-2H3/i3D2,4D2,5D2. The minimum atomic E-state index is -3.22. The Balaban J connectivity index is 5.04. The van der Waals surface area contributed by atoms with E-state index in [2.05, 4.69) is 0 Å². The SMILES string of the molecule is [2H]C([2H])(O)C([2H])([2H])C([2H])([2H])N(C)C. The van der Waals surface area contributed by atoms with E-state index in [1.54, 1.807) is 0 Å². The van der Waals surface area contributed by atoms with E-state index in [4.69, 9.17) is 13.3 Å². The lowest BCUT2D eigenvalue weighted by molar-refractivity contribution is 0.263. The van der Waals surface area contributed by atoms with Crippen LogP contribution in [0.1, 0.15) is 14.6 Å². The van der Waals surface area contributed by atoms with Gasteiger partial charge >= 0.3 is 0 Å². The molecule has 0 spiro atoms. The summed E-state index contributed by atoms with van der Waals surface area (Å²) in [4.78, 5) is 0.876. The lowest BCUT2D eigenvalue weighted by Gasteiger charge is -2.05. The van der Waals surface area contributed by atoms with Gasteiger partial charge in [0, 0.05) is 12.0 Å². The number of nitrogens with zero attached hydrogens (tertiary/aromatic N) is 1. The zero-order valence-corrected chi connectivity index (χ0v) is 4.39. The molecule has 0 fully saturated rings. The normalized spacial score (nSPS) is 29.1. The maximum Gasteiger partial charge on any atom is 0.0564 e. The Kier molecular flexibility index (Phi) is 0.997. The van der Waals surface area contributed by atoms with Crippen molar-refractivity contribution in [2.75, 3.05) is 27.2 Å². The van der Waals surface area contributed by atoms with Gasteiger partial charge in [0.25, 0.3) is 0 Å². The smallest absolute Gasteiger partial charge is 0.0564 e. The maximum absolute atomic E-state index is 8.82. The van der Waals surface area contributed by atoms with Gasteiger partial charge in [-0.05, 0) is 27.0 Å². The van der Waals surface area contributed by atoms with Crippen LogP contribution < -0.4 is 0 Å². The summed E-state index contributed by atoms with van der Waals surface area (Å²) in [6.07, 6.45) is -3.00. The van der Waals surface area contributed by atoms with Crippen molar-refractivity contribution in [1.82, 2.24) is 4.90 Å². The summed E-state index contributed by atoms with van der Waals surface area (Å²) in [7, 11) is 2.53. The van der Waals surface area contributed by atoms with Gasteiger partial charge in [0.15, 0.2) is 0 Å². The van der Waals surface area contributed by atoms with Crippen LogP contribution in [0.4, 0.5) is 0 Å². The Bertz CT molecular complexity index is 186. The molecule has 0 aromatic rings. The van der Waals surface area contributed by atoms with Crippen LogP contribution in [-0.2, 0) is 0 Å². The Hall–Kier alpha value is -0.0800. The zero-order valence-electron chi connectivity index (χ0n) is 10.4. The van der Waals surface area contributed by atoms with Crippen LogP contribution in [0.3, 0.4) is 0 Å². The number of hydrogen-bond acceptors (Lipinski definition) is 2. The third-order valence-electron chi connectivity index (χ3n) is 0.335. The second-order valence-corrected chi connectivity index (χ2v) is 1.24. The van der Waals surface area contributed by atoms with Crippen molar-refractivity contribution in [3.05, 3.63) is 0 Å². The van der Waals surface area contributed by atoms with E-state index < -0.39 is 19.4 Å². The van der Waals surface area contributed by atoms with Crippen LogP contribution in [0.25, 0.3) is 0 Å². The fourth-order valence-electron chi connectivity index (χ4n) is 0.137. The highest BCUT2D eigenvalue weighted by Gasteiger charge is 1.84. The van der Waals surface area contributed by atoms with E-state index in [1.165, 1.54) is 14.1 Å². The van der Waals surface area contributed by atoms with Gasteiger partial charge in [0.1, 0.15) is 0 Å². The van der Waals surface area contributed by atoms with E-state index in [0.717, 1.165) is 4.90 Å². The molecule has 0 aliphatic carbocycles. The molecule has 0 aromatic heterocycles. The molecule has 2 heteroatoms. The second-order valence-electron chi connectivity index (χ2n) is 1.24. The predicted octanol–water partition coefficient (Wildman–Crippen LogP) is -0.0696. The molecular weight excluding hydrogens is 90.1 g/mol. The molecule has 1 N–H and O–H groups in total. The molecule has 0 saturated carbocycles. The molecule has 0 radical (unpaired) electrons. The minimum absolute atomic E-state index is 0.876. The summed E-state index contributed by atoms with van der Waals surface area (Å²) >= 11 is 0. The lowest BCUT2D eigenvalue weighted by atomic mass is 10.4. The summed E-state index contributed by atoms with van der Waals surface area (Å²) < 4.78 is 42.3. The van der Waals surface area contributed by atoms with Gasteiger partial charge in [0.2, 0.25) is 0 Å². The molecule has 2 nitrogen and oxygen atoms in total. The first-order valence-electron chi connectivity index (χ1n) is 4.84. The Morgan fingerprint density at radius 2 is 2.29 bits per heavy atom. The molecule has 0 unspecified atom stereocenters. The van der Waals surface area contributed by atoms with Gasteiger partial charge in [0.05, 0.1) is 2.74 Å². The van der Waals surface area contributed by atoms with E-state index >= 15 is 0 Å². The van der Waals surface area contributed by atoms with Crippen molar-refractivity contribution < 1.29 is 13.3 Å². The van der Waals surface area contributed by atoms with Gasteiger partial charge in [-0.25, -0.2) is 0 Å². The van der Waals surface area contributed by atoms with Crippen LogP contribution in [0.2, 0.25) is 0 Å². The first kappa shape index (κ1) is 1.71. The number of rotatable bonds is 3. The van der Waals surface area contributed by atoms with Crippen molar-refractivity contribution in [2.24, 2.45) is 0 Å². The van der Waals surface area contributed by atoms with E-state index in [1.807, 2.05) is 0 Å². The summed E-state index contributed by atoms with van der Waals surface area (Å²) in [5.74, 6) is 0. The van der Waals surface area contributed by atoms with Crippen molar-refractivity contribution in [3.8, 4) is 0 Å². The second kappa shape index (κ2) is 4.09. The van der Waals surface area contributed by atoms with Crippen molar-refractivity contribution >= 4 is 0 Å². The van der Waals surface area contributed by atoms with E-state index in [-0.39, 0.29) is 0 Å². The Morgan fingerprint density at radius 3 is 2.43 bits per heavy atom. The van der Waals surface area contributed by atoms with Gasteiger partial charge < -0.3 is 10.0 Å². The predicted molar refractivity (Wildman–Crippen MR) is 30.3 cm³/mol. The first-order valence-corrected chi connectivity index (χ1v) is 1.84. The third kappa shape index (κ3) is 5.92. The van der Waals surface area contributed by atoms with Gasteiger partial charge in [-0.1, -0.05) is 0 Å². The topological polar surface area (TPSA) is 23.5 Å². The largest absolute Gasteiger partial charge is 0.396 e. The number of aliphatic hydroxyl groups is 1. The Morgan fingerprint density at radius 1 is 1.71 bits per heavy atom. The van der Waals surface area contributed by atoms with Crippen LogP contribution in [0.15, 0.2) is 0 Å². The van der Waals surface area contributed by atoms with Gasteiger partial charge in [-0.2, -0.15) is 0 Å². The monoisotopic (exact) mass is 109 g/mol. The van der Waals surface area contributed by atoms with E-state index in [9.17, 15) is 0 Å². The minimum Gasteiger partial charge on any atom is -0.396 e. The van der Waals surface area contributed by atoms with E-state index in [0.29, 0.717) is 0 Å². The summed E-state index contributed by atoms with van der Waals surface area (Å²) in [5, 5.41) is 8.82. The molecule has 44 valence electrons. The number of hydrogen-bond donors (Lipinski definition) is 1. The average Bonchev–Trinajstić information content (AvgIpc) is 1.84. The molecular formula is C5H13NO. The highest BCUT2D eigenvalue weighted by atomic mass is 16.3. The summed E-state index contributed by atoms with van der Waals surface area (Å²) in [6.45, 7) is -5.80. The Labute approximate surface area is 53.2 Å². The maximum atomic E-state index is 8.82. The summed E-state index contributed by atoms with van der Waals surface area (Å²) in [6, 6.07) is 0. The molecule has 0 heterocycles. The average molecular weight is 109 g/mol. The lowest BCUT2D eigenvalue weighted by Crippen LogP contribution is -2.13. The van der Waals surface area contributed by atoms with Crippen molar-refractivity contribution in [3.63, 3.8) is 0 Å². The molecule has 0 aliphatic rings.